The predicted molar refractivity (Wildman–Crippen MR) is 347 cm³/mol. The van der Waals surface area contributed by atoms with Gasteiger partial charge in [-0.1, -0.05) is 386 Å². The number of hydrogen-bond acceptors (Lipinski definition) is 5. The Morgan fingerprint density at radius 2 is 0.582 bits per heavy atom. The quantitative estimate of drug-likeness (QED) is 0.0320. The molecule has 0 aliphatic carbocycles. The van der Waals surface area contributed by atoms with Crippen molar-refractivity contribution >= 4 is 11.9 Å². The SMILES string of the molecule is CCCCCCCCCCCCCCCCCC/C=C/C(O)C(CO)NC(=O)CCCCCCCCCCCCCCCCCCCCCCCCCCCCCCCOC(=O)CCCCCCCCCCCCCCCCC. The minimum Gasteiger partial charge on any atom is -0.466 e. The van der Waals surface area contributed by atoms with Crippen LogP contribution in [0.5, 0.6) is 0 Å². The van der Waals surface area contributed by atoms with Crippen LogP contribution in [0, 0.1) is 0 Å². The van der Waals surface area contributed by atoms with Gasteiger partial charge in [-0.15, -0.1) is 0 Å². The molecule has 6 nitrogen and oxygen atoms in total. The standard InChI is InChI=1S/C73H143NO5/c1-3-5-7-9-11-13-15-17-19-20-34-38-41-45-49-53-57-61-65-71(76)70(69-75)74-72(77)66-62-58-54-50-46-42-39-35-32-30-28-26-24-22-21-23-25-27-29-31-33-36-40-44-48-52-56-60-64-68-79-73(78)67-63-59-55-51-47-43-37-18-16-14-12-10-8-6-4-2/h61,65,70-71,75-76H,3-60,62-64,66-69H2,1-2H3,(H,74,77)/b65-61+. The average Bonchev–Trinajstić information content (AvgIpc) is 3.45. The number of esters is 1. The summed E-state index contributed by atoms with van der Waals surface area (Å²) in [7, 11) is 0. The van der Waals surface area contributed by atoms with Crippen LogP contribution < -0.4 is 5.32 Å². The zero-order valence-corrected chi connectivity index (χ0v) is 53.9. The molecule has 0 aromatic heterocycles. The van der Waals surface area contributed by atoms with Crippen LogP contribution in [0.4, 0.5) is 0 Å². The molecule has 0 saturated heterocycles. The predicted octanol–water partition coefficient (Wildman–Crippen LogP) is 23.5. The van der Waals surface area contributed by atoms with Gasteiger partial charge >= 0.3 is 5.97 Å². The van der Waals surface area contributed by atoms with Gasteiger partial charge in [0.2, 0.25) is 5.91 Å². The summed E-state index contributed by atoms with van der Waals surface area (Å²) in [6, 6.07) is -0.625. The molecular weight excluding hydrogens is 971 g/mol. The largest absolute Gasteiger partial charge is 0.466 e. The van der Waals surface area contributed by atoms with Crippen LogP contribution >= 0.6 is 0 Å². The topological polar surface area (TPSA) is 95.9 Å². The molecule has 0 saturated carbocycles. The third kappa shape index (κ3) is 65.6. The molecule has 0 spiro atoms. The number of allylic oxidation sites excluding steroid dienone is 1. The summed E-state index contributed by atoms with van der Waals surface area (Å²) >= 11 is 0. The van der Waals surface area contributed by atoms with Crippen molar-refractivity contribution in [3.05, 3.63) is 12.2 Å². The first-order valence-corrected chi connectivity index (χ1v) is 36.5. The fraction of sp³-hybridized carbons (Fsp3) is 0.945. The molecule has 0 bridgehead atoms. The minimum atomic E-state index is -0.842. The lowest BCUT2D eigenvalue weighted by atomic mass is 10.0. The van der Waals surface area contributed by atoms with Gasteiger partial charge < -0.3 is 20.3 Å². The Kier molecular flexibility index (Phi) is 67.9. The number of nitrogens with one attached hydrogen (secondary N) is 1. The zero-order valence-electron chi connectivity index (χ0n) is 53.9. The van der Waals surface area contributed by atoms with E-state index in [0.717, 1.165) is 38.5 Å². The molecule has 3 N–H and O–H groups in total. The molecule has 79 heavy (non-hydrogen) atoms. The second kappa shape index (κ2) is 69.1. The van der Waals surface area contributed by atoms with E-state index in [1.165, 1.54) is 353 Å². The third-order valence-electron chi connectivity index (χ3n) is 17.3. The minimum absolute atomic E-state index is 0.0231. The van der Waals surface area contributed by atoms with Crippen molar-refractivity contribution in [1.29, 1.82) is 0 Å². The monoisotopic (exact) mass is 1110 g/mol. The first-order chi connectivity index (χ1) is 39.0. The highest BCUT2D eigenvalue weighted by molar-refractivity contribution is 5.76. The molecule has 0 rings (SSSR count). The molecule has 0 heterocycles. The molecule has 6 heteroatoms. The van der Waals surface area contributed by atoms with Gasteiger partial charge in [-0.05, 0) is 32.1 Å². The molecule has 470 valence electrons. The van der Waals surface area contributed by atoms with Gasteiger partial charge in [0.25, 0.3) is 0 Å². The first-order valence-electron chi connectivity index (χ1n) is 36.5. The van der Waals surface area contributed by atoms with E-state index in [1.807, 2.05) is 6.08 Å². The van der Waals surface area contributed by atoms with Crippen LogP contribution in [0.1, 0.15) is 418 Å². The Morgan fingerprint density at radius 3 is 0.861 bits per heavy atom. The van der Waals surface area contributed by atoms with Crippen molar-refractivity contribution < 1.29 is 24.5 Å². The van der Waals surface area contributed by atoms with Gasteiger partial charge in [0, 0.05) is 12.8 Å². The smallest absolute Gasteiger partial charge is 0.305 e. The lowest BCUT2D eigenvalue weighted by Crippen LogP contribution is -2.45. The lowest BCUT2D eigenvalue weighted by molar-refractivity contribution is -0.143. The van der Waals surface area contributed by atoms with Crippen LogP contribution in [0.3, 0.4) is 0 Å². The summed E-state index contributed by atoms with van der Waals surface area (Å²) in [5.74, 6) is -0.0372. The normalized spacial score (nSPS) is 12.5. The number of rotatable bonds is 69. The molecule has 0 aliphatic heterocycles. The van der Waals surface area contributed by atoms with Crippen molar-refractivity contribution in [3.63, 3.8) is 0 Å². The Morgan fingerprint density at radius 1 is 0.342 bits per heavy atom. The summed E-state index contributed by atoms with van der Waals surface area (Å²) in [6.07, 6.45) is 85.9. The van der Waals surface area contributed by atoms with Gasteiger partial charge in [0.15, 0.2) is 0 Å². The highest BCUT2D eigenvalue weighted by Gasteiger charge is 2.18. The Hall–Kier alpha value is -1.40. The van der Waals surface area contributed by atoms with E-state index in [-0.39, 0.29) is 18.5 Å². The Balaban J connectivity index is 3.34. The molecule has 0 aromatic rings. The van der Waals surface area contributed by atoms with Crippen LogP contribution in [0.2, 0.25) is 0 Å². The van der Waals surface area contributed by atoms with E-state index in [1.54, 1.807) is 6.08 Å². The third-order valence-corrected chi connectivity index (χ3v) is 17.3. The number of amides is 1. The molecule has 2 atom stereocenters. The van der Waals surface area contributed by atoms with Crippen LogP contribution in [-0.2, 0) is 14.3 Å². The fourth-order valence-electron chi connectivity index (χ4n) is 11.8. The van der Waals surface area contributed by atoms with Gasteiger partial charge in [0.1, 0.15) is 0 Å². The summed E-state index contributed by atoms with van der Waals surface area (Å²) in [4.78, 5) is 24.6. The van der Waals surface area contributed by atoms with Crippen molar-refractivity contribution in [2.24, 2.45) is 0 Å². The van der Waals surface area contributed by atoms with Gasteiger partial charge in [-0.3, -0.25) is 9.59 Å². The molecule has 0 aromatic carbocycles. The fourth-order valence-corrected chi connectivity index (χ4v) is 11.8. The zero-order chi connectivity index (χ0) is 57.1. The van der Waals surface area contributed by atoms with Crippen LogP contribution in [-0.4, -0.2) is 47.4 Å². The van der Waals surface area contributed by atoms with Gasteiger partial charge in [0.05, 0.1) is 25.4 Å². The average molecular weight is 1110 g/mol. The van der Waals surface area contributed by atoms with E-state index in [9.17, 15) is 19.8 Å². The second-order valence-electron chi connectivity index (χ2n) is 25.3. The summed E-state index contributed by atoms with van der Waals surface area (Å²) in [6.45, 7) is 4.96. The number of aliphatic hydroxyl groups is 2. The molecule has 0 aliphatic rings. The maximum atomic E-state index is 12.5. The van der Waals surface area contributed by atoms with Crippen molar-refractivity contribution in [1.82, 2.24) is 5.32 Å². The van der Waals surface area contributed by atoms with Gasteiger partial charge in [-0.25, -0.2) is 0 Å². The number of hydrogen-bond donors (Lipinski definition) is 3. The summed E-state index contributed by atoms with van der Waals surface area (Å²) in [5.41, 5.74) is 0. The first kappa shape index (κ1) is 77.6. The van der Waals surface area contributed by atoms with Crippen LogP contribution in [0.25, 0.3) is 0 Å². The highest BCUT2D eigenvalue weighted by Crippen LogP contribution is 2.19. The second-order valence-corrected chi connectivity index (χ2v) is 25.3. The number of aliphatic hydroxyl groups excluding tert-OH is 2. The Labute approximate surface area is 495 Å². The number of carbonyl (C=O) groups excluding carboxylic acids is 2. The summed E-state index contributed by atoms with van der Waals surface area (Å²) in [5, 5.41) is 23.2. The Bertz CT molecular complexity index is 1190. The molecule has 2 unspecified atom stereocenters. The number of unbranched alkanes of at least 4 members (excludes halogenated alkanes) is 58. The lowest BCUT2D eigenvalue weighted by Gasteiger charge is -2.20. The van der Waals surface area contributed by atoms with Gasteiger partial charge in [-0.2, -0.15) is 0 Å². The molecular formula is C73H143NO5. The van der Waals surface area contributed by atoms with E-state index in [4.69, 9.17) is 4.74 Å². The van der Waals surface area contributed by atoms with Crippen molar-refractivity contribution in [2.45, 2.75) is 431 Å². The van der Waals surface area contributed by atoms with E-state index >= 15 is 0 Å². The van der Waals surface area contributed by atoms with E-state index < -0.39 is 12.1 Å². The van der Waals surface area contributed by atoms with E-state index in [2.05, 4.69) is 19.2 Å². The molecule has 0 fully saturated rings. The maximum absolute atomic E-state index is 12.5. The van der Waals surface area contributed by atoms with Crippen LogP contribution in [0.15, 0.2) is 12.2 Å². The molecule has 0 radical (unpaired) electrons. The highest BCUT2D eigenvalue weighted by atomic mass is 16.5. The van der Waals surface area contributed by atoms with Crippen molar-refractivity contribution in [3.8, 4) is 0 Å². The number of carbonyl (C=O) groups is 2. The van der Waals surface area contributed by atoms with E-state index in [0.29, 0.717) is 19.4 Å². The number of ether oxygens (including phenoxy) is 1. The molecule has 1 amide bonds. The van der Waals surface area contributed by atoms with Crippen molar-refractivity contribution in [2.75, 3.05) is 13.2 Å². The summed E-state index contributed by atoms with van der Waals surface area (Å²) < 4.78 is 5.50. The maximum Gasteiger partial charge on any atom is 0.305 e.